The van der Waals surface area contributed by atoms with E-state index in [1.807, 2.05) is 12.1 Å². The summed E-state index contributed by atoms with van der Waals surface area (Å²) in [5.74, 6) is 0. The number of halogens is 1. The van der Waals surface area contributed by atoms with E-state index in [1.54, 1.807) is 17.4 Å². The summed E-state index contributed by atoms with van der Waals surface area (Å²) in [6.07, 6.45) is 0. The Morgan fingerprint density at radius 2 is 2.15 bits per heavy atom. The maximum atomic E-state index is 6.05. The zero-order valence-corrected chi connectivity index (χ0v) is 13.8. The Bertz CT molecular complexity index is 606. The van der Waals surface area contributed by atoms with Crippen LogP contribution in [0.3, 0.4) is 0 Å². The molecule has 0 radical (unpaired) electrons. The van der Waals surface area contributed by atoms with Gasteiger partial charge in [-0.2, -0.15) is 0 Å². The minimum atomic E-state index is 0.0317. The van der Waals surface area contributed by atoms with Gasteiger partial charge in [-0.1, -0.05) is 43.7 Å². The molecule has 0 bridgehead atoms. The lowest BCUT2D eigenvalue weighted by atomic mass is 9.91. The largest absolute Gasteiger partial charge is 0.389 e. The summed E-state index contributed by atoms with van der Waals surface area (Å²) < 4.78 is 0. The molecular formula is C15H17ClN2S2. The molecule has 0 amide bonds. The highest BCUT2D eigenvalue weighted by Crippen LogP contribution is 2.29. The summed E-state index contributed by atoms with van der Waals surface area (Å²) in [6, 6.07) is 9.73. The Hall–Kier alpha value is -1.10. The molecule has 20 heavy (non-hydrogen) atoms. The summed E-state index contributed by atoms with van der Waals surface area (Å²) in [5.41, 5.74) is 7.49. The molecule has 2 rings (SSSR count). The van der Waals surface area contributed by atoms with Gasteiger partial charge >= 0.3 is 0 Å². The standard InChI is InChI=1S/C15H17ClN2S2/c1-15(2,13-4-3-7-20-13)9-18-12-8-10(16)5-6-11(12)14(17)19/h3-8,18H,9H2,1-2H3,(H2,17,19). The van der Waals surface area contributed by atoms with E-state index in [4.69, 9.17) is 29.6 Å². The minimum Gasteiger partial charge on any atom is -0.389 e. The number of benzene rings is 1. The Kier molecular flexibility index (Phi) is 4.68. The van der Waals surface area contributed by atoms with Gasteiger partial charge in [0.25, 0.3) is 0 Å². The zero-order valence-electron chi connectivity index (χ0n) is 11.4. The first-order chi connectivity index (χ1) is 9.40. The van der Waals surface area contributed by atoms with Crippen LogP contribution in [-0.4, -0.2) is 11.5 Å². The number of thiocarbonyl (C=S) groups is 1. The van der Waals surface area contributed by atoms with Crippen molar-refractivity contribution in [1.82, 2.24) is 0 Å². The van der Waals surface area contributed by atoms with Crippen LogP contribution in [0, 0.1) is 0 Å². The van der Waals surface area contributed by atoms with Crippen molar-refractivity contribution in [2.24, 2.45) is 5.73 Å². The van der Waals surface area contributed by atoms with Crippen molar-refractivity contribution in [3.8, 4) is 0 Å². The minimum absolute atomic E-state index is 0.0317. The Balaban J connectivity index is 2.19. The molecule has 0 aliphatic heterocycles. The van der Waals surface area contributed by atoms with Crippen molar-refractivity contribution in [2.75, 3.05) is 11.9 Å². The number of hydrogen-bond acceptors (Lipinski definition) is 3. The zero-order chi connectivity index (χ0) is 14.8. The number of nitrogens with two attached hydrogens (primary N) is 1. The molecule has 2 nitrogen and oxygen atoms in total. The summed E-state index contributed by atoms with van der Waals surface area (Å²) in [5, 5.41) is 6.18. The summed E-state index contributed by atoms with van der Waals surface area (Å²) in [4.78, 5) is 1.71. The highest BCUT2D eigenvalue weighted by Gasteiger charge is 2.22. The van der Waals surface area contributed by atoms with Crippen molar-refractivity contribution >= 4 is 45.8 Å². The fourth-order valence-electron chi connectivity index (χ4n) is 1.94. The lowest BCUT2D eigenvalue weighted by Crippen LogP contribution is -2.27. The third-order valence-corrected chi connectivity index (χ3v) is 4.85. The average molecular weight is 325 g/mol. The third kappa shape index (κ3) is 3.51. The van der Waals surface area contributed by atoms with Crippen molar-refractivity contribution in [3.63, 3.8) is 0 Å². The molecule has 0 saturated carbocycles. The Morgan fingerprint density at radius 1 is 1.40 bits per heavy atom. The molecule has 0 unspecified atom stereocenters. The molecule has 1 aromatic heterocycles. The van der Waals surface area contributed by atoms with E-state index in [1.165, 1.54) is 4.88 Å². The molecule has 2 aromatic rings. The van der Waals surface area contributed by atoms with Gasteiger partial charge in [0, 0.05) is 33.1 Å². The predicted molar refractivity (Wildman–Crippen MR) is 93.2 cm³/mol. The van der Waals surface area contributed by atoms with E-state index >= 15 is 0 Å². The molecule has 0 spiro atoms. The second-order valence-electron chi connectivity index (χ2n) is 5.27. The van der Waals surface area contributed by atoms with Gasteiger partial charge in [-0.3, -0.25) is 0 Å². The van der Waals surface area contributed by atoms with Crippen LogP contribution in [0.4, 0.5) is 5.69 Å². The first-order valence-electron chi connectivity index (χ1n) is 6.27. The highest BCUT2D eigenvalue weighted by atomic mass is 35.5. The van der Waals surface area contributed by atoms with Crippen molar-refractivity contribution < 1.29 is 0 Å². The maximum absolute atomic E-state index is 6.05. The fourth-order valence-corrected chi connectivity index (χ4v) is 3.15. The lowest BCUT2D eigenvalue weighted by molar-refractivity contribution is 0.569. The van der Waals surface area contributed by atoms with Crippen LogP contribution in [0.2, 0.25) is 5.02 Å². The fraction of sp³-hybridized carbons (Fsp3) is 0.267. The van der Waals surface area contributed by atoms with Crippen molar-refractivity contribution in [2.45, 2.75) is 19.3 Å². The SMILES string of the molecule is CC(C)(CNc1cc(Cl)ccc1C(N)=S)c1cccs1. The maximum Gasteiger partial charge on any atom is 0.106 e. The smallest absolute Gasteiger partial charge is 0.106 e. The second kappa shape index (κ2) is 6.12. The quantitative estimate of drug-likeness (QED) is 0.799. The molecule has 5 heteroatoms. The summed E-state index contributed by atoms with van der Waals surface area (Å²) in [7, 11) is 0. The first-order valence-corrected chi connectivity index (χ1v) is 7.94. The molecule has 0 saturated heterocycles. The third-order valence-electron chi connectivity index (χ3n) is 3.16. The van der Waals surface area contributed by atoms with Crippen LogP contribution < -0.4 is 11.1 Å². The Morgan fingerprint density at radius 3 is 2.75 bits per heavy atom. The lowest BCUT2D eigenvalue weighted by Gasteiger charge is -2.25. The molecule has 106 valence electrons. The topological polar surface area (TPSA) is 38.0 Å². The monoisotopic (exact) mass is 324 g/mol. The summed E-state index contributed by atoms with van der Waals surface area (Å²) in [6.45, 7) is 5.19. The Labute approximate surface area is 134 Å². The van der Waals surface area contributed by atoms with Crippen molar-refractivity contribution in [1.29, 1.82) is 0 Å². The van der Waals surface area contributed by atoms with Gasteiger partial charge < -0.3 is 11.1 Å². The number of hydrogen-bond donors (Lipinski definition) is 2. The second-order valence-corrected chi connectivity index (χ2v) is 7.09. The predicted octanol–water partition coefficient (Wildman–Crippen LogP) is 4.43. The molecule has 0 aliphatic rings. The normalized spacial score (nSPS) is 11.3. The van der Waals surface area contributed by atoms with Crippen molar-refractivity contribution in [3.05, 3.63) is 51.2 Å². The van der Waals surface area contributed by atoms with E-state index in [0.29, 0.717) is 10.0 Å². The van der Waals surface area contributed by atoms with Gasteiger partial charge in [0.2, 0.25) is 0 Å². The van der Waals surface area contributed by atoms with Crippen LogP contribution in [0.25, 0.3) is 0 Å². The van der Waals surface area contributed by atoms with Gasteiger partial charge in [-0.05, 0) is 29.6 Å². The molecule has 1 heterocycles. The molecular weight excluding hydrogens is 308 g/mol. The van der Waals surface area contributed by atoms with Gasteiger partial charge in [0.05, 0.1) is 0 Å². The van der Waals surface area contributed by atoms with E-state index in [0.717, 1.165) is 17.8 Å². The van der Waals surface area contributed by atoms with Gasteiger partial charge in [0.1, 0.15) is 4.99 Å². The highest BCUT2D eigenvalue weighted by molar-refractivity contribution is 7.80. The molecule has 3 N–H and O–H groups in total. The molecule has 1 aromatic carbocycles. The first kappa shape index (κ1) is 15.3. The van der Waals surface area contributed by atoms with Crippen LogP contribution in [0.5, 0.6) is 0 Å². The molecule has 0 fully saturated rings. The van der Waals surface area contributed by atoms with E-state index in [2.05, 4.69) is 36.7 Å². The van der Waals surface area contributed by atoms with Crippen LogP contribution in [0.15, 0.2) is 35.7 Å². The van der Waals surface area contributed by atoms with Gasteiger partial charge in [-0.25, -0.2) is 0 Å². The van der Waals surface area contributed by atoms with Crippen LogP contribution in [0.1, 0.15) is 24.3 Å². The van der Waals surface area contributed by atoms with E-state index < -0.39 is 0 Å². The van der Waals surface area contributed by atoms with Gasteiger partial charge in [0.15, 0.2) is 0 Å². The molecule has 0 atom stereocenters. The summed E-state index contributed by atoms with van der Waals surface area (Å²) >= 11 is 12.9. The average Bonchev–Trinajstić information content (AvgIpc) is 2.90. The van der Waals surface area contributed by atoms with Crippen LogP contribution >= 0.6 is 35.2 Å². The van der Waals surface area contributed by atoms with E-state index in [9.17, 15) is 0 Å². The van der Waals surface area contributed by atoms with Crippen LogP contribution in [-0.2, 0) is 5.41 Å². The number of anilines is 1. The number of nitrogens with one attached hydrogen (secondary N) is 1. The van der Waals surface area contributed by atoms with E-state index in [-0.39, 0.29) is 5.41 Å². The number of rotatable bonds is 5. The molecule has 0 aliphatic carbocycles. The van der Waals surface area contributed by atoms with Gasteiger partial charge in [-0.15, -0.1) is 11.3 Å². The number of thiophene rings is 1.